The van der Waals surface area contributed by atoms with E-state index in [1.54, 1.807) is 6.20 Å². The zero-order chi connectivity index (χ0) is 14.7. The summed E-state index contributed by atoms with van der Waals surface area (Å²) in [6.45, 7) is 2.02. The smallest absolute Gasteiger partial charge is 0.256 e. The van der Waals surface area contributed by atoms with Gasteiger partial charge in [0, 0.05) is 29.2 Å². The Labute approximate surface area is 122 Å². The molecule has 1 aromatic carbocycles. The molecule has 5 heteroatoms. The van der Waals surface area contributed by atoms with Crippen molar-refractivity contribution in [2.75, 3.05) is 5.32 Å². The first kappa shape index (κ1) is 13.2. The SMILES string of the molecule is CCc1cn[nH]c1NC(=O)c1ccc(-n2cccc2)cc1. The molecule has 0 atom stereocenters. The molecule has 2 N–H and O–H groups in total. The van der Waals surface area contributed by atoms with Gasteiger partial charge in [-0.1, -0.05) is 6.92 Å². The number of carbonyl (C=O) groups is 1. The van der Waals surface area contributed by atoms with Crippen molar-refractivity contribution < 1.29 is 4.79 Å². The highest BCUT2D eigenvalue weighted by atomic mass is 16.1. The largest absolute Gasteiger partial charge is 0.324 e. The van der Waals surface area contributed by atoms with Crippen molar-refractivity contribution in [3.05, 3.63) is 66.1 Å². The number of hydrogen-bond donors (Lipinski definition) is 2. The number of H-pyrrole nitrogens is 1. The molecule has 0 aliphatic rings. The van der Waals surface area contributed by atoms with E-state index in [1.165, 1.54) is 0 Å². The molecule has 21 heavy (non-hydrogen) atoms. The molecule has 0 unspecified atom stereocenters. The lowest BCUT2D eigenvalue weighted by molar-refractivity contribution is 0.102. The summed E-state index contributed by atoms with van der Waals surface area (Å²) < 4.78 is 1.99. The molecule has 0 aliphatic heterocycles. The topological polar surface area (TPSA) is 62.7 Å². The van der Waals surface area contributed by atoms with Crippen LogP contribution in [0.15, 0.2) is 55.0 Å². The quantitative estimate of drug-likeness (QED) is 0.771. The maximum atomic E-state index is 12.2. The number of nitrogens with one attached hydrogen (secondary N) is 2. The molecule has 5 nitrogen and oxygen atoms in total. The van der Waals surface area contributed by atoms with Crippen molar-refractivity contribution in [3.8, 4) is 5.69 Å². The van der Waals surface area contributed by atoms with Crippen molar-refractivity contribution in [1.29, 1.82) is 0 Å². The summed E-state index contributed by atoms with van der Waals surface area (Å²) >= 11 is 0. The van der Waals surface area contributed by atoms with Crippen molar-refractivity contribution in [3.63, 3.8) is 0 Å². The first-order valence-electron chi connectivity index (χ1n) is 6.85. The second-order valence-electron chi connectivity index (χ2n) is 4.72. The Bertz CT molecular complexity index is 726. The van der Waals surface area contributed by atoms with Crippen LogP contribution < -0.4 is 5.32 Å². The van der Waals surface area contributed by atoms with E-state index in [0.717, 1.165) is 17.7 Å². The Balaban J connectivity index is 1.76. The summed E-state index contributed by atoms with van der Waals surface area (Å²) in [5.41, 5.74) is 2.63. The highest BCUT2D eigenvalue weighted by Gasteiger charge is 2.10. The van der Waals surface area contributed by atoms with Gasteiger partial charge in [0.25, 0.3) is 5.91 Å². The molecule has 0 saturated carbocycles. The van der Waals surface area contributed by atoms with Gasteiger partial charge in [-0.2, -0.15) is 5.10 Å². The van der Waals surface area contributed by atoms with Gasteiger partial charge in [-0.15, -0.1) is 0 Å². The monoisotopic (exact) mass is 280 g/mol. The number of carbonyl (C=O) groups excluding carboxylic acids is 1. The van der Waals surface area contributed by atoms with E-state index in [-0.39, 0.29) is 5.91 Å². The normalized spacial score (nSPS) is 10.5. The number of amides is 1. The number of aromatic nitrogens is 3. The van der Waals surface area contributed by atoms with Crippen LogP contribution in [0.25, 0.3) is 5.69 Å². The van der Waals surface area contributed by atoms with E-state index in [4.69, 9.17) is 0 Å². The maximum absolute atomic E-state index is 12.2. The summed E-state index contributed by atoms with van der Waals surface area (Å²) in [7, 11) is 0. The standard InChI is InChI=1S/C16H16N4O/c1-2-12-11-17-19-15(12)18-16(21)13-5-7-14(8-6-13)20-9-3-4-10-20/h3-11H,2H2,1H3,(H2,17,18,19,21). The van der Waals surface area contributed by atoms with Gasteiger partial charge in [0.1, 0.15) is 5.82 Å². The number of anilines is 1. The first-order valence-corrected chi connectivity index (χ1v) is 6.85. The fraction of sp³-hybridized carbons (Fsp3) is 0.125. The van der Waals surface area contributed by atoms with Crippen LogP contribution in [-0.4, -0.2) is 20.7 Å². The van der Waals surface area contributed by atoms with Crippen LogP contribution in [0.1, 0.15) is 22.8 Å². The van der Waals surface area contributed by atoms with E-state index >= 15 is 0 Å². The van der Waals surface area contributed by atoms with E-state index < -0.39 is 0 Å². The number of benzene rings is 1. The molecule has 0 aliphatic carbocycles. The van der Waals surface area contributed by atoms with Gasteiger partial charge in [-0.05, 0) is 42.8 Å². The van der Waals surface area contributed by atoms with Crippen molar-refractivity contribution in [2.45, 2.75) is 13.3 Å². The third kappa shape index (κ3) is 2.72. The fourth-order valence-corrected chi connectivity index (χ4v) is 2.16. The number of aromatic amines is 1. The second-order valence-corrected chi connectivity index (χ2v) is 4.72. The molecule has 106 valence electrons. The average Bonchev–Trinajstić information content (AvgIpc) is 3.18. The van der Waals surface area contributed by atoms with Crippen LogP contribution in [0.3, 0.4) is 0 Å². The van der Waals surface area contributed by atoms with E-state index in [9.17, 15) is 4.79 Å². The van der Waals surface area contributed by atoms with Gasteiger partial charge in [0.2, 0.25) is 0 Å². The lowest BCUT2D eigenvalue weighted by atomic mass is 10.2. The fourth-order valence-electron chi connectivity index (χ4n) is 2.16. The molecular formula is C16H16N4O. The summed E-state index contributed by atoms with van der Waals surface area (Å²) in [5.74, 6) is 0.519. The summed E-state index contributed by atoms with van der Waals surface area (Å²) in [6.07, 6.45) is 6.48. The highest BCUT2D eigenvalue weighted by Crippen LogP contribution is 2.14. The van der Waals surface area contributed by atoms with Crippen LogP contribution in [0.4, 0.5) is 5.82 Å². The van der Waals surface area contributed by atoms with Crippen LogP contribution >= 0.6 is 0 Å². The minimum Gasteiger partial charge on any atom is -0.324 e. The minimum absolute atomic E-state index is 0.145. The predicted molar refractivity (Wildman–Crippen MR) is 81.7 cm³/mol. The van der Waals surface area contributed by atoms with Crippen LogP contribution in [-0.2, 0) is 6.42 Å². The summed E-state index contributed by atoms with van der Waals surface area (Å²) in [4.78, 5) is 12.2. The molecule has 2 aromatic heterocycles. The Morgan fingerprint density at radius 2 is 1.95 bits per heavy atom. The predicted octanol–water partition coefficient (Wildman–Crippen LogP) is 3.02. The van der Waals surface area contributed by atoms with E-state index in [1.807, 2.05) is 60.3 Å². The molecule has 0 spiro atoms. The van der Waals surface area contributed by atoms with E-state index in [0.29, 0.717) is 11.4 Å². The van der Waals surface area contributed by atoms with Gasteiger partial charge in [0.05, 0.1) is 6.20 Å². The molecule has 3 aromatic rings. The lowest BCUT2D eigenvalue weighted by Gasteiger charge is -2.07. The van der Waals surface area contributed by atoms with Gasteiger partial charge in [0.15, 0.2) is 0 Å². The summed E-state index contributed by atoms with van der Waals surface area (Å²) in [5, 5.41) is 9.60. The molecule has 0 bridgehead atoms. The average molecular weight is 280 g/mol. The molecule has 0 saturated heterocycles. The van der Waals surface area contributed by atoms with Crippen LogP contribution in [0.2, 0.25) is 0 Å². The Kier molecular flexibility index (Phi) is 3.55. The number of rotatable bonds is 4. The van der Waals surface area contributed by atoms with Gasteiger partial charge >= 0.3 is 0 Å². The Hall–Kier alpha value is -2.82. The maximum Gasteiger partial charge on any atom is 0.256 e. The van der Waals surface area contributed by atoms with Crippen molar-refractivity contribution >= 4 is 11.7 Å². The second kappa shape index (κ2) is 5.66. The molecule has 1 amide bonds. The number of nitrogens with zero attached hydrogens (tertiary/aromatic N) is 2. The zero-order valence-corrected chi connectivity index (χ0v) is 11.7. The Morgan fingerprint density at radius 3 is 2.62 bits per heavy atom. The van der Waals surface area contributed by atoms with Gasteiger partial charge in [-0.3, -0.25) is 9.89 Å². The number of hydrogen-bond acceptors (Lipinski definition) is 2. The van der Waals surface area contributed by atoms with E-state index in [2.05, 4.69) is 15.5 Å². The molecule has 0 radical (unpaired) electrons. The lowest BCUT2D eigenvalue weighted by Crippen LogP contribution is -2.13. The third-order valence-electron chi connectivity index (χ3n) is 3.37. The van der Waals surface area contributed by atoms with Crippen LogP contribution in [0.5, 0.6) is 0 Å². The summed E-state index contributed by atoms with van der Waals surface area (Å²) in [6, 6.07) is 11.4. The number of aryl methyl sites for hydroxylation is 1. The molecule has 2 heterocycles. The van der Waals surface area contributed by atoms with Gasteiger partial charge < -0.3 is 9.88 Å². The van der Waals surface area contributed by atoms with Crippen molar-refractivity contribution in [1.82, 2.24) is 14.8 Å². The van der Waals surface area contributed by atoms with Gasteiger partial charge in [-0.25, -0.2) is 0 Å². The van der Waals surface area contributed by atoms with Crippen LogP contribution in [0, 0.1) is 0 Å². The molecular weight excluding hydrogens is 264 g/mol. The minimum atomic E-state index is -0.145. The molecule has 0 fully saturated rings. The first-order chi connectivity index (χ1) is 10.3. The third-order valence-corrected chi connectivity index (χ3v) is 3.37. The molecule has 3 rings (SSSR count). The Morgan fingerprint density at radius 1 is 1.24 bits per heavy atom. The highest BCUT2D eigenvalue weighted by molar-refractivity contribution is 6.04. The zero-order valence-electron chi connectivity index (χ0n) is 11.7. The van der Waals surface area contributed by atoms with Crippen molar-refractivity contribution in [2.24, 2.45) is 0 Å².